The standard InChI is InChI=1S/C8H14N2S/c1-6(9)3-4-8-7(2)10-5-11-8/h5-6H,3-4,9H2,1-2H3/t6-/m0/s1. The van der Waals surface area contributed by atoms with Crippen LogP contribution in [0.1, 0.15) is 23.9 Å². The minimum Gasteiger partial charge on any atom is -0.328 e. The average molecular weight is 170 g/mol. The highest BCUT2D eigenvalue weighted by molar-refractivity contribution is 7.09. The van der Waals surface area contributed by atoms with E-state index in [1.165, 1.54) is 4.88 Å². The summed E-state index contributed by atoms with van der Waals surface area (Å²) in [6.45, 7) is 4.09. The molecule has 0 fully saturated rings. The second-order valence-electron chi connectivity index (χ2n) is 2.88. The van der Waals surface area contributed by atoms with Gasteiger partial charge >= 0.3 is 0 Å². The summed E-state index contributed by atoms with van der Waals surface area (Å²) in [6, 6.07) is 0.302. The molecule has 0 saturated carbocycles. The third-order valence-electron chi connectivity index (χ3n) is 1.67. The molecule has 1 rings (SSSR count). The molecule has 1 aromatic heterocycles. The zero-order valence-electron chi connectivity index (χ0n) is 7.00. The molecule has 0 aliphatic rings. The van der Waals surface area contributed by atoms with Crippen LogP contribution < -0.4 is 5.73 Å². The Bertz CT molecular complexity index is 218. The lowest BCUT2D eigenvalue weighted by Crippen LogP contribution is -2.15. The van der Waals surface area contributed by atoms with Crippen molar-refractivity contribution in [2.75, 3.05) is 0 Å². The summed E-state index contributed by atoms with van der Waals surface area (Å²) in [4.78, 5) is 5.55. The molecule has 11 heavy (non-hydrogen) atoms. The van der Waals surface area contributed by atoms with E-state index in [0.29, 0.717) is 6.04 Å². The fourth-order valence-corrected chi connectivity index (χ4v) is 1.72. The monoisotopic (exact) mass is 170 g/mol. The molecule has 0 spiro atoms. The Balaban J connectivity index is 2.44. The zero-order valence-corrected chi connectivity index (χ0v) is 7.82. The smallest absolute Gasteiger partial charge is 0.0797 e. The lowest BCUT2D eigenvalue weighted by atomic mass is 10.1. The van der Waals surface area contributed by atoms with Crippen LogP contribution in [-0.4, -0.2) is 11.0 Å². The second-order valence-corrected chi connectivity index (χ2v) is 3.82. The molecule has 0 bridgehead atoms. The van der Waals surface area contributed by atoms with Crippen LogP contribution in [0.2, 0.25) is 0 Å². The van der Waals surface area contributed by atoms with Crippen molar-refractivity contribution in [3.8, 4) is 0 Å². The molecule has 2 nitrogen and oxygen atoms in total. The van der Waals surface area contributed by atoms with E-state index >= 15 is 0 Å². The highest BCUT2D eigenvalue weighted by Gasteiger charge is 2.01. The number of nitrogens with two attached hydrogens (primary N) is 1. The van der Waals surface area contributed by atoms with Crippen LogP contribution in [0.5, 0.6) is 0 Å². The molecule has 0 aliphatic carbocycles. The number of aromatic nitrogens is 1. The minimum absolute atomic E-state index is 0.302. The first-order valence-electron chi connectivity index (χ1n) is 3.84. The van der Waals surface area contributed by atoms with Gasteiger partial charge in [0.15, 0.2) is 0 Å². The van der Waals surface area contributed by atoms with Crippen LogP contribution in [0.4, 0.5) is 0 Å². The first kappa shape index (κ1) is 8.68. The van der Waals surface area contributed by atoms with Gasteiger partial charge in [-0.15, -0.1) is 11.3 Å². The van der Waals surface area contributed by atoms with Gasteiger partial charge in [-0.05, 0) is 26.7 Å². The summed E-state index contributed by atoms with van der Waals surface area (Å²) in [5.41, 5.74) is 8.70. The number of rotatable bonds is 3. The molecular weight excluding hydrogens is 156 g/mol. The van der Waals surface area contributed by atoms with Gasteiger partial charge in [0.1, 0.15) is 0 Å². The predicted molar refractivity (Wildman–Crippen MR) is 48.8 cm³/mol. The fraction of sp³-hybridized carbons (Fsp3) is 0.625. The molecule has 62 valence electrons. The van der Waals surface area contributed by atoms with Crippen LogP contribution in [0, 0.1) is 6.92 Å². The van der Waals surface area contributed by atoms with E-state index in [9.17, 15) is 0 Å². The van der Waals surface area contributed by atoms with Gasteiger partial charge in [0.05, 0.1) is 11.2 Å². The van der Waals surface area contributed by atoms with E-state index in [4.69, 9.17) is 5.73 Å². The van der Waals surface area contributed by atoms with Gasteiger partial charge in [-0.25, -0.2) is 4.98 Å². The minimum atomic E-state index is 0.302. The van der Waals surface area contributed by atoms with Crippen molar-refractivity contribution in [3.63, 3.8) is 0 Å². The summed E-state index contributed by atoms with van der Waals surface area (Å²) in [5.74, 6) is 0. The van der Waals surface area contributed by atoms with Crippen molar-refractivity contribution >= 4 is 11.3 Å². The summed E-state index contributed by atoms with van der Waals surface area (Å²) in [5, 5.41) is 0. The van der Waals surface area contributed by atoms with Crippen molar-refractivity contribution in [1.82, 2.24) is 4.98 Å². The SMILES string of the molecule is Cc1ncsc1CC[C@H](C)N. The fourth-order valence-electron chi connectivity index (χ4n) is 0.925. The average Bonchev–Trinajstić information content (AvgIpc) is 2.31. The van der Waals surface area contributed by atoms with E-state index in [2.05, 4.69) is 4.98 Å². The van der Waals surface area contributed by atoms with Gasteiger partial charge in [-0.1, -0.05) is 0 Å². The zero-order chi connectivity index (χ0) is 8.27. The summed E-state index contributed by atoms with van der Waals surface area (Å²) in [6.07, 6.45) is 2.14. The topological polar surface area (TPSA) is 38.9 Å². The number of hydrogen-bond donors (Lipinski definition) is 1. The molecule has 0 aromatic carbocycles. The quantitative estimate of drug-likeness (QED) is 0.750. The maximum atomic E-state index is 5.64. The van der Waals surface area contributed by atoms with Crippen LogP contribution in [0.15, 0.2) is 5.51 Å². The van der Waals surface area contributed by atoms with E-state index in [0.717, 1.165) is 18.5 Å². The van der Waals surface area contributed by atoms with Crippen molar-refractivity contribution < 1.29 is 0 Å². The van der Waals surface area contributed by atoms with E-state index < -0.39 is 0 Å². The van der Waals surface area contributed by atoms with Crippen LogP contribution in [0.3, 0.4) is 0 Å². The van der Waals surface area contributed by atoms with E-state index in [1.54, 1.807) is 11.3 Å². The largest absolute Gasteiger partial charge is 0.328 e. The third kappa shape index (κ3) is 2.60. The Hall–Kier alpha value is -0.410. The Morgan fingerprint density at radius 3 is 2.91 bits per heavy atom. The molecule has 0 unspecified atom stereocenters. The number of aryl methyl sites for hydroxylation is 2. The Kier molecular flexibility index (Phi) is 3.02. The van der Waals surface area contributed by atoms with Crippen LogP contribution >= 0.6 is 11.3 Å². The van der Waals surface area contributed by atoms with Gasteiger partial charge < -0.3 is 5.73 Å². The maximum absolute atomic E-state index is 5.64. The number of thiazole rings is 1. The van der Waals surface area contributed by atoms with E-state index in [-0.39, 0.29) is 0 Å². The highest BCUT2D eigenvalue weighted by Crippen LogP contribution is 2.14. The third-order valence-corrected chi connectivity index (χ3v) is 2.67. The van der Waals surface area contributed by atoms with Gasteiger partial charge in [-0.2, -0.15) is 0 Å². The first-order valence-corrected chi connectivity index (χ1v) is 4.72. The van der Waals surface area contributed by atoms with Gasteiger partial charge in [-0.3, -0.25) is 0 Å². The second kappa shape index (κ2) is 3.83. The predicted octanol–water partition coefficient (Wildman–Crippen LogP) is 1.73. The molecule has 1 aromatic rings. The van der Waals surface area contributed by atoms with Gasteiger partial charge in [0, 0.05) is 10.9 Å². The molecule has 2 N–H and O–H groups in total. The normalized spacial score (nSPS) is 13.4. The number of nitrogens with zero attached hydrogens (tertiary/aromatic N) is 1. The Labute approximate surface area is 71.5 Å². The lowest BCUT2D eigenvalue weighted by Gasteiger charge is -2.02. The lowest BCUT2D eigenvalue weighted by molar-refractivity contribution is 0.668. The first-order chi connectivity index (χ1) is 5.20. The van der Waals surface area contributed by atoms with Crippen LogP contribution in [-0.2, 0) is 6.42 Å². The van der Waals surface area contributed by atoms with Crippen molar-refractivity contribution in [2.24, 2.45) is 5.73 Å². The van der Waals surface area contributed by atoms with Gasteiger partial charge in [0.25, 0.3) is 0 Å². The molecule has 1 atom stereocenters. The molecule has 3 heteroatoms. The molecule has 0 amide bonds. The Morgan fingerprint density at radius 1 is 1.73 bits per heavy atom. The van der Waals surface area contributed by atoms with Gasteiger partial charge in [0.2, 0.25) is 0 Å². The molecular formula is C8H14N2S. The molecule has 0 aliphatic heterocycles. The number of hydrogen-bond acceptors (Lipinski definition) is 3. The van der Waals surface area contributed by atoms with E-state index in [1.807, 2.05) is 19.4 Å². The molecule has 0 radical (unpaired) electrons. The van der Waals surface area contributed by atoms with Crippen molar-refractivity contribution in [3.05, 3.63) is 16.1 Å². The van der Waals surface area contributed by atoms with Crippen LogP contribution in [0.25, 0.3) is 0 Å². The molecule has 1 heterocycles. The summed E-state index contributed by atoms with van der Waals surface area (Å²) < 4.78 is 0. The maximum Gasteiger partial charge on any atom is 0.0797 e. The Morgan fingerprint density at radius 2 is 2.45 bits per heavy atom. The highest BCUT2D eigenvalue weighted by atomic mass is 32.1. The summed E-state index contributed by atoms with van der Waals surface area (Å²) in [7, 11) is 0. The van der Waals surface area contributed by atoms with Crippen molar-refractivity contribution in [2.45, 2.75) is 32.7 Å². The summed E-state index contributed by atoms with van der Waals surface area (Å²) >= 11 is 1.72. The molecule has 0 saturated heterocycles. The van der Waals surface area contributed by atoms with Crippen molar-refractivity contribution in [1.29, 1.82) is 0 Å².